The monoisotopic (exact) mass is 257 g/mol. The highest BCUT2D eigenvalue weighted by Gasteiger charge is 2.13. The van der Waals surface area contributed by atoms with Gasteiger partial charge in [0.25, 0.3) is 0 Å². The number of anilines is 1. The number of hydrogen-bond acceptors (Lipinski definition) is 3. The molecule has 0 saturated carbocycles. The Kier molecular flexibility index (Phi) is 3.69. The van der Waals surface area contributed by atoms with Crippen LogP contribution in [0.1, 0.15) is 20.8 Å². The van der Waals surface area contributed by atoms with E-state index in [1.54, 1.807) is 0 Å². The summed E-state index contributed by atoms with van der Waals surface area (Å²) < 4.78 is 0. The van der Waals surface area contributed by atoms with Crippen LogP contribution >= 0.6 is 0 Å². The molecule has 0 aliphatic rings. The second-order valence-electron chi connectivity index (χ2n) is 5.54. The number of nitrogens with zero attached hydrogens (tertiary/aromatic N) is 1. The number of hydrogen-bond donors (Lipinski definition) is 2. The summed E-state index contributed by atoms with van der Waals surface area (Å²) in [4.78, 5) is 16.1. The molecule has 1 aromatic carbocycles. The number of benzene rings is 1. The fourth-order valence-corrected chi connectivity index (χ4v) is 1.80. The van der Waals surface area contributed by atoms with Gasteiger partial charge in [-0.05, 0) is 39.0 Å². The Morgan fingerprint density at radius 1 is 1.16 bits per heavy atom. The van der Waals surface area contributed by atoms with Gasteiger partial charge >= 0.3 is 0 Å². The van der Waals surface area contributed by atoms with E-state index in [1.165, 1.54) is 0 Å². The predicted octanol–water partition coefficient (Wildman–Crippen LogP) is 2.56. The maximum Gasteiger partial charge on any atom is 0.239 e. The molecule has 100 valence electrons. The third-order valence-corrected chi connectivity index (χ3v) is 2.54. The van der Waals surface area contributed by atoms with Crippen molar-refractivity contribution in [2.45, 2.75) is 26.3 Å². The van der Waals surface area contributed by atoms with E-state index < -0.39 is 0 Å². The second kappa shape index (κ2) is 5.26. The van der Waals surface area contributed by atoms with Gasteiger partial charge in [-0.25, -0.2) is 4.98 Å². The molecule has 0 radical (unpaired) electrons. The van der Waals surface area contributed by atoms with Crippen LogP contribution in [0.3, 0.4) is 0 Å². The van der Waals surface area contributed by atoms with Crippen molar-refractivity contribution in [2.24, 2.45) is 0 Å². The van der Waals surface area contributed by atoms with Crippen LogP contribution in [0, 0.1) is 0 Å². The van der Waals surface area contributed by atoms with Crippen LogP contribution in [0.25, 0.3) is 10.9 Å². The highest BCUT2D eigenvalue weighted by molar-refractivity contribution is 5.83. The first-order valence-electron chi connectivity index (χ1n) is 6.35. The van der Waals surface area contributed by atoms with E-state index in [1.807, 2.05) is 57.2 Å². The lowest BCUT2D eigenvalue weighted by atomic mass is 10.1. The normalized spacial score (nSPS) is 11.3. The van der Waals surface area contributed by atoms with Crippen molar-refractivity contribution >= 4 is 22.6 Å². The molecule has 0 atom stereocenters. The average Bonchev–Trinajstić information content (AvgIpc) is 2.34. The number of aromatic nitrogens is 1. The smallest absolute Gasteiger partial charge is 0.239 e. The molecule has 1 amide bonds. The van der Waals surface area contributed by atoms with Crippen molar-refractivity contribution in [1.82, 2.24) is 10.3 Å². The fourth-order valence-electron chi connectivity index (χ4n) is 1.80. The Morgan fingerprint density at radius 2 is 1.89 bits per heavy atom. The predicted molar refractivity (Wildman–Crippen MR) is 78.1 cm³/mol. The van der Waals surface area contributed by atoms with E-state index in [4.69, 9.17) is 0 Å². The Hall–Kier alpha value is -2.10. The molecule has 0 fully saturated rings. The van der Waals surface area contributed by atoms with Gasteiger partial charge in [0, 0.05) is 10.9 Å². The molecule has 0 saturated heterocycles. The summed E-state index contributed by atoms with van der Waals surface area (Å²) in [5.74, 6) is 0.671. The topological polar surface area (TPSA) is 54.0 Å². The van der Waals surface area contributed by atoms with E-state index in [2.05, 4.69) is 15.6 Å². The SMILES string of the molecule is CC(C)(C)NC(=O)CNc1ccc2ccccc2n1. The van der Waals surface area contributed by atoms with Crippen molar-refractivity contribution < 1.29 is 4.79 Å². The molecule has 0 aliphatic carbocycles. The number of carbonyl (C=O) groups is 1. The van der Waals surface area contributed by atoms with Gasteiger partial charge < -0.3 is 10.6 Å². The third-order valence-electron chi connectivity index (χ3n) is 2.54. The molecule has 1 aromatic heterocycles. The standard InChI is InChI=1S/C15H19N3O/c1-15(2,3)18-14(19)10-16-13-9-8-11-6-4-5-7-12(11)17-13/h4-9H,10H2,1-3H3,(H,16,17)(H,18,19). The number of carbonyl (C=O) groups excluding carboxylic acids is 1. The van der Waals surface area contributed by atoms with Crippen LogP contribution in [-0.2, 0) is 4.79 Å². The number of pyridine rings is 1. The minimum absolute atomic E-state index is 0.0394. The fraction of sp³-hybridized carbons (Fsp3) is 0.333. The molecular formula is C15H19N3O. The number of para-hydroxylation sites is 1. The van der Waals surface area contributed by atoms with Gasteiger partial charge in [0.2, 0.25) is 5.91 Å². The van der Waals surface area contributed by atoms with Crippen LogP contribution < -0.4 is 10.6 Å². The molecule has 4 heteroatoms. The Bertz CT molecular complexity index is 587. The van der Waals surface area contributed by atoms with E-state index in [9.17, 15) is 4.79 Å². The van der Waals surface area contributed by atoms with E-state index in [0.29, 0.717) is 5.82 Å². The van der Waals surface area contributed by atoms with Crippen LogP contribution in [0.4, 0.5) is 5.82 Å². The summed E-state index contributed by atoms with van der Waals surface area (Å²) in [6.07, 6.45) is 0. The number of nitrogens with one attached hydrogen (secondary N) is 2. The summed E-state index contributed by atoms with van der Waals surface area (Å²) in [5, 5.41) is 7.02. The molecular weight excluding hydrogens is 238 g/mol. The van der Waals surface area contributed by atoms with Crippen LogP contribution in [0.2, 0.25) is 0 Å². The lowest BCUT2D eigenvalue weighted by Crippen LogP contribution is -2.43. The van der Waals surface area contributed by atoms with Gasteiger partial charge in [-0.15, -0.1) is 0 Å². The molecule has 1 heterocycles. The summed E-state index contributed by atoms with van der Waals surface area (Å²) in [7, 11) is 0. The van der Waals surface area contributed by atoms with Gasteiger partial charge in [-0.2, -0.15) is 0 Å². The van der Waals surface area contributed by atoms with Crippen LogP contribution in [0.15, 0.2) is 36.4 Å². The summed E-state index contributed by atoms with van der Waals surface area (Å²) in [6.45, 7) is 6.10. The van der Waals surface area contributed by atoms with Crippen molar-refractivity contribution in [3.05, 3.63) is 36.4 Å². The number of amides is 1. The molecule has 4 nitrogen and oxygen atoms in total. The van der Waals surface area contributed by atoms with Gasteiger partial charge in [-0.3, -0.25) is 4.79 Å². The van der Waals surface area contributed by atoms with Crippen molar-refractivity contribution in [3.8, 4) is 0 Å². The van der Waals surface area contributed by atoms with Gasteiger partial charge in [-0.1, -0.05) is 18.2 Å². The lowest BCUT2D eigenvalue weighted by Gasteiger charge is -2.20. The van der Waals surface area contributed by atoms with Crippen LogP contribution in [0.5, 0.6) is 0 Å². The molecule has 19 heavy (non-hydrogen) atoms. The van der Waals surface area contributed by atoms with Gasteiger partial charge in [0.05, 0.1) is 12.1 Å². The zero-order valence-corrected chi connectivity index (χ0v) is 11.5. The Labute approximate surface area is 113 Å². The van der Waals surface area contributed by atoms with Crippen molar-refractivity contribution in [2.75, 3.05) is 11.9 Å². The summed E-state index contributed by atoms with van der Waals surface area (Å²) in [6, 6.07) is 11.8. The largest absolute Gasteiger partial charge is 0.361 e. The summed E-state index contributed by atoms with van der Waals surface area (Å²) >= 11 is 0. The van der Waals surface area contributed by atoms with Crippen LogP contribution in [-0.4, -0.2) is 23.0 Å². The van der Waals surface area contributed by atoms with Gasteiger partial charge in [0.1, 0.15) is 5.82 Å². The molecule has 2 rings (SSSR count). The second-order valence-corrected chi connectivity index (χ2v) is 5.54. The quantitative estimate of drug-likeness (QED) is 0.888. The summed E-state index contributed by atoms with van der Waals surface area (Å²) in [5.41, 5.74) is 0.707. The molecule has 2 N–H and O–H groups in total. The molecule has 0 spiro atoms. The first-order chi connectivity index (χ1) is 8.94. The Balaban J connectivity index is 2.00. The Morgan fingerprint density at radius 3 is 2.63 bits per heavy atom. The van der Waals surface area contributed by atoms with Crippen molar-refractivity contribution in [3.63, 3.8) is 0 Å². The minimum atomic E-state index is -0.213. The van der Waals surface area contributed by atoms with E-state index >= 15 is 0 Å². The molecule has 0 unspecified atom stereocenters. The molecule has 2 aromatic rings. The molecule has 0 bridgehead atoms. The first-order valence-corrected chi connectivity index (χ1v) is 6.35. The number of rotatable bonds is 3. The van der Waals surface area contributed by atoms with E-state index in [0.717, 1.165) is 10.9 Å². The number of fused-ring (bicyclic) bond motifs is 1. The highest BCUT2D eigenvalue weighted by atomic mass is 16.2. The molecule has 0 aliphatic heterocycles. The van der Waals surface area contributed by atoms with Crippen molar-refractivity contribution in [1.29, 1.82) is 0 Å². The first kappa shape index (κ1) is 13.3. The third kappa shape index (κ3) is 3.95. The maximum absolute atomic E-state index is 11.7. The van der Waals surface area contributed by atoms with Gasteiger partial charge in [0.15, 0.2) is 0 Å². The lowest BCUT2D eigenvalue weighted by molar-refractivity contribution is -0.120. The highest BCUT2D eigenvalue weighted by Crippen LogP contribution is 2.14. The average molecular weight is 257 g/mol. The zero-order chi connectivity index (χ0) is 13.9. The minimum Gasteiger partial charge on any atom is -0.361 e. The zero-order valence-electron chi connectivity index (χ0n) is 11.5. The van der Waals surface area contributed by atoms with E-state index in [-0.39, 0.29) is 18.0 Å². The maximum atomic E-state index is 11.7.